The summed E-state index contributed by atoms with van der Waals surface area (Å²) in [6.07, 6.45) is 1.18. The second-order valence-corrected chi connectivity index (χ2v) is 10.7. The summed E-state index contributed by atoms with van der Waals surface area (Å²) in [6, 6.07) is 25.3. The molecule has 0 fully saturated rings. The van der Waals surface area contributed by atoms with Crippen molar-refractivity contribution in [2.75, 3.05) is 0 Å². The molecule has 5 rings (SSSR count). The molecule has 0 aliphatic rings. The van der Waals surface area contributed by atoms with E-state index in [4.69, 9.17) is 4.98 Å². The monoisotopic (exact) mass is 688 g/mol. The predicted octanol–water partition coefficient (Wildman–Crippen LogP) is 7.96. The second kappa shape index (κ2) is 12.1. The van der Waals surface area contributed by atoms with Gasteiger partial charge in [0.05, 0.1) is 22.1 Å². The number of hydrogen-bond acceptors (Lipinski definition) is 5. The van der Waals surface area contributed by atoms with E-state index in [-0.39, 0.29) is 31.3 Å². The molecule has 2 N–H and O–H groups in total. The minimum absolute atomic E-state index is 0. The SMILES string of the molecule is CC(C)(C)c1c[c-]c(-c2nc3cccnc3c3sccc23)cc1.CC(O)=C(c1ccccc1)C(C)O.[Ir]. The molecule has 5 aromatic rings. The zero-order valence-electron chi connectivity index (χ0n) is 21.6. The van der Waals surface area contributed by atoms with Crippen LogP contribution in [0.2, 0.25) is 0 Å². The fourth-order valence-corrected chi connectivity index (χ4v) is 5.04. The third-order valence-corrected chi connectivity index (χ3v) is 6.90. The van der Waals surface area contributed by atoms with Crippen LogP contribution in [0.4, 0.5) is 0 Å². The van der Waals surface area contributed by atoms with E-state index in [1.165, 1.54) is 10.3 Å². The molecule has 2 aromatic carbocycles. The molecule has 37 heavy (non-hydrogen) atoms. The van der Waals surface area contributed by atoms with Crippen molar-refractivity contribution in [2.24, 2.45) is 0 Å². The Morgan fingerprint density at radius 3 is 2.32 bits per heavy atom. The number of aliphatic hydroxyl groups is 2. The third kappa shape index (κ3) is 6.52. The first-order valence-corrected chi connectivity index (χ1v) is 12.8. The van der Waals surface area contributed by atoms with Gasteiger partial charge in [-0.15, -0.1) is 46.7 Å². The van der Waals surface area contributed by atoms with Gasteiger partial charge in [0, 0.05) is 31.9 Å². The van der Waals surface area contributed by atoms with E-state index < -0.39 is 6.10 Å². The number of nitrogens with zero attached hydrogens (tertiary/aromatic N) is 2. The molecular formula is C31H31IrN2O2S-. The number of fused-ring (bicyclic) bond motifs is 3. The minimum atomic E-state index is -0.646. The fourth-order valence-electron chi connectivity index (χ4n) is 4.14. The smallest absolute Gasteiger partial charge is 0.105 e. The zero-order valence-corrected chi connectivity index (χ0v) is 24.8. The van der Waals surface area contributed by atoms with Gasteiger partial charge in [-0.3, -0.25) is 9.97 Å². The maximum absolute atomic E-state index is 9.42. The summed E-state index contributed by atoms with van der Waals surface area (Å²) in [5, 5.41) is 22.0. The van der Waals surface area contributed by atoms with Crippen LogP contribution in [0.15, 0.2) is 84.1 Å². The number of aromatic nitrogens is 2. The first-order chi connectivity index (χ1) is 17.2. The number of hydrogen-bond donors (Lipinski definition) is 2. The Morgan fingerprint density at radius 2 is 1.73 bits per heavy atom. The van der Waals surface area contributed by atoms with Crippen molar-refractivity contribution in [1.82, 2.24) is 9.97 Å². The van der Waals surface area contributed by atoms with Crippen molar-refractivity contribution in [1.29, 1.82) is 0 Å². The molecule has 3 aromatic heterocycles. The van der Waals surface area contributed by atoms with Crippen molar-refractivity contribution in [3.63, 3.8) is 0 Å². The molecule has 1 atom stereocenters. The van der Waals surface area contributed by atoms with Crippen LogP contribution in [-0.2, 0) is 25.5 Å². The first-order valence-electron chi connectivity index (χ1n) is 11.9. The van der Waals surface area contributed by atoms with Crippen molar-refractivity contribution >= 4 is 38.0 Å². The molecule has 1 unspecified atom stereocenters. The van der Waals surface area contributed by atoms with Crippen LogP contribution >= 0.6 is 11.3 Å². The number of benzene rings is 2. The van der Waals surface area contributed by atoms with Gasteiger partial charge in [-0.2, -0.15) is 0 Å². The summed E-state index contributed by atoms with van der Waals surface area (Å²) in [5.41, 5.74) is 6.80. The second-order valence-electron chi connectivity index (χ2n) is 9.78. The summed E-state index contributed by atoms with van der Waals surface area (Å²) < 4.78 is 1.19. The summed E-state index contributed by atoms with van der Waals surface area (Å²) in [6.45, 7) is 9.86. The van der Waals surface area contributed by atoms with Gasteiger partial charge in [0.15, 0.2) is 0 Å². The van der Waals surface area contributed by atoms with Gasteiger partial charge in [-0.05, 0) is 53.4 Å². The Hall–Kier alpha value is -2.89. The molecule has 0 saturated heterocycles. The fraction of sp³-hybridized carbons (Fsp3) is 0.226. The number of aliphatic hydroxyl groups excluding tert-OH is 2. The molecule has 0 aliphatic carbocycles. The maximum atomic E-state index is 9.42. The summed E-state index contributed by atoms with van der Waals surface area (Å²) in [7, 11) is 0. The van der Waals surface area contributed by atoms with E-state index in [9.17, 15) is 10.2 Å². The van der Waals surface area contributed by atoms with Crippen LogP contribution < -0.4 is 0 Å². The molecule has 0 saturated carbocycles. The maximum Gasteiger partial charge on any atom is 0.105 e. The van der Waals surface area contributed by atoms with Crippen LogP contribution in [0, 0.1) is 6.07 Å². The number of thiophene rings is 1. The van der Waals surface area contributed by atoms with Crippen molar-refractivity contribution in [3.8, 4) is 11.3 Å². The molecule has 6 heteroatoms. The standard InChI is InChI=1S/C20H17N2S.C11H14O2.Ir/c1-20(2,3)14-8-6-13(7-9-14)17-15-10-12-23-19(15)18-16(22-17)5-4-11-21-18;1-8(12)11(9(2)13)10-6-4-3-5-7-10;/h4-6,8-12H,1-3H3;3-8,12-13H,1-2H3;/q-1;;. The quantitative estimate of drug-likeness (QED) is 0.149. The third-order valence-electron chi connectivity index (χ3n) is 5.98. The molecule has 4 nitrogen and oxygen atoms in total. The molecule has 193 valence electrons. The van der Waals surface area contributed by atoms with Gasteiger partial charge in [-0.1, -0.05) is 57.2 Å². The minimum Gasteiger partial charge on any atom is -0.512 e. The molecule has 0 spiro atoms. The van der Waals surface area contributed by atoms with E-state index in [1.54, 1.807) is 25.2 Å². The van der Waals surface area contributed by atoms with E-state index in [1.807, 2.05) is 48.7 Å². The average Bonchev–Trinajstić information content (AvgIpc) is 3.34. The molecule has 1 radical (unpaired) electrons. The molecule has 0 aliphatic heterocycles. The van der Waals surface area contributed by atoms with Gasteiger partial charge >= 0.3 is 0 Å². The van der Waals surface area contributed by atoms with Gasteiger partial charge in [0.25, 0.3) is 0 Å². The number of rotatable bonds is 3. The van der Waals surface area contributed by atoms with Crippen LogP contribution in [-0.4, -0.2) is 26.3 Å². The van der Waals surface area contributed by atoms with E-state index in [0.717, 1.165) is 33.2 Å². The van der Waals surface area contributed by atoms with Crippen LogP contribution in [0.3, 0.4) is 0 Å². The Bertz CT molecular complexity index is 1500. The molecule has 3 heterocycles. The molecular weight excluding hydrogens is 657 g/mol. The van der Waals surface area contributed by atoms with E-state index >= 15 is 0 Å². The molecule has 0 amide bonds. The Balaban J connectivity index is 0.000000234. The van der Waals surface area contributed by atoms with Crippen molar-refractivity contribution in [3.05, 3.63) is 101 Å². The van der Waals surface area contributed by atoms with Gasteiger partial charge in [0.2, 0.25) is 0 Å². The topological polar surface area (TPSA) is 66.2 Å². The van der Waals surface area contributed by atoms with Crippen molar-refractivity contribution in [2.45, 2.75) is 46.1 Å². The predicted molar refractivity (Wildman–Crippen MR) is 151 cm³/mol. The Morgan fingerprint density at radius 1 is 1.00 bits per heavy atom. The Kier molecular flexibility index (Phi) is 9.38. The van der Waals surface area contributed by atoms with Gasteiger partial charge in [0.1, 0.15) is 5.52 Å². The van der Waals surface area contributed by atoms with Crippen LogP contribution in [0.1, 0.15) is 45.7 Å². The zero-order chi connectivity index (χ0) is 25.9. The summed E-state index contributed by atoms with van der Waals surface area (Å²) in [5.74, 6) is 0.168. The number of pyridine rings is 2. The summed E-state index contributed by atoms with van der Waals surface area (Å²) >= 11 is 1.72. The van der Waals surface area contributed by atoms with E-state index in [2.05, 4.69) is 61.5 Å². The summed E-state index contributed by atoms with van der Waals surface area (Å²) in [4.78, 5) is 9.35. The van der Waals surface area contributed by atoms with E-state index in [0.29, 0.717) is 5.57 Å². The first kappa shape index (κ1) is 28.7. The normalized spacial score (nSPS) is 12.8. The van der Waals surface area contributed by atoms with Crippen LogP contribution in [0.5, 0.6) is 0 Å². The largest absolute Gasteiger partial charge is 0.512 e. The number of allylic oxidation sites excluding steroid dienone is 1. The molecule has 0 bridgehead atoms. The van der Waals surface area contributed by atoms with Crippen molar-refractivity contribution < 1.29 is 30.3 Å². The van der Waals surface area contributed by atoms with Crippen LogP contribution in [0.25, 0.3) is 38.0 Å². The Labute approximate surface area is 236 Å². The van der Waals surface area contributed by atoms with Gasteiger partial charge < -0.3 is 10.2 Å². The van der Waals surface area contributed by atoms with Gasteiger partial charge in [-0.25, -0.2) is 0 Å². The average molecular weight is 688 g/mol.